The Morgan fingerprint density at radius 3 is 2.27 bits per heavy atom. The van der Waals surface area contributed by atoms with E-state index in [9.17, 15) is 19.5 Å². The highest BCUT2D eigenvalue weighted by Crippen LogP contribution is 2.39. The Hall–Kier alpha value is -3.88. The van der Waals surface area contributed by atoms with Gasteiger partial charge in [-0.15, -0.1) is 0 Å². The predicted molar refractivity (Wildman–Crippen MR) is 123 cm³/mol. The fourth-order valence-electron chi connectivity index (χ4n) is 4.04. The lowest BCUT2D eigenvalue weighted by Gasteiger charge is -2.23. The Morgan fingerprint density at radius 2 is 1.76 bits per heavy atom. The molecule has 1 heterocycles. The SMILES string of the molecule is CCNC(=O)N1C(=O)[C@](C)(CC(=O)O)C[C@H]1COc1ccc(-c2ccc(C(=N)N)cc2)cc1. The number of nitrogens with one attached hydrogen (secondary N) is 2. The second-order valence-electron chi connectivity index (χ2n) is 8.33. The van der Waals surface area contributed by atoms with Gasteiger partial charge in [0.05, 0.1) is 17.9 Å². The van der Waals surface area contributed by atoms with E-state index in [1.807, 2.05) is 24.3 Å². The molecule has 2 atom stereocenters. The summed E-state index contributed by atoms with van der Waals surface area (Å²) in [6.45, 7) is 3.73. The number of imide groups is 1. The summed E-state index contributed by atoms with van der Waals surface area (Å²) < 4.78 is 5.87. The molecule has 1 fully saturated rings. The molecule has 174 valence electrons. The van der Waals surface area contributed by atoms with Gasteiger partial charge in [-0.25, -0.2) is 4.79 Å². The molecule has 5 N–H and O–H groups in total. The molecule has 0 aliphatic carbocycles. The van der Waals surface area contributed by atoms with Crippen LogP contribution in [-0.2, 0) is 9.59 Å². The summed E-state index contributed by atoms with van der Waals surface area (Å²) in [6, 6.07) is 13.5. The van der Waals surface area contributed by atoms with Crippen molar-refractivity contribution in [2.75, 3.05) is 13.2 Å². The largest absolute Gasteiger partial charge is 0.491 e. The molecule has 3 rings (SSSR count). The number of urea groups is 1. The topological polar surface area (TPSA) is 146 Å². The molecule has 2 aromatic carbocycles. The van der Waals surface area contributed by atoms with Crippen LogP contribution >= 0.6 is 0 Å². The number of carbonyl (C=O) groups is 3. The van der Waals surface area contributed by atoms with E-state index >= 15 is 0 Å². The number of hydrogen-bond acceptors (Lipinski definition) is 5. The fourth-order valence-corrected chi connectivity index (χ4v) is 4.04. The number of amidine groups is 1. The summed E-state index contributed by atoms with van der Waals surface area (Å²) >= 11 is 0. The maximum absolute atomic E-state index is 12.9. The summed E-state index contributed by atoms with van der Waals surface area (Å²) in [5, 5.41) is 19.3. The van der Waals surface area contributed by atoms with Gasteiger partial charge >= 0.3 is 12.0 Å². The normalized spacial score (nSPS) is 19.9. The van der Waals surface area contributed by atoms with Crippen molar-refractivity contribution in [2.24, 2.45) is 11.1 Å². The van der Waals surface area contributed by atoms with Crippen LogP contribution in [0.25, 0.3) is 11.1 Å². The number of nitrogens with zero attached hydrogens (tertiary/aromatic N) is 1. The zero-order chi connectivity index (χ0) is 24.2. The molecule has 1 aliphatic heterocycles. The van der Waals surface area contributed by atoms with Crippen LogP contribution < -0.4 is 15.8 Å². The molecule has 0 spiro atoms. The maximum Gasteiger partial charge on any atom is 0.324 e. The van der Waals surface area contributed by atoms with Crippen molar-refractivity contribution in [3.05, 3.63) is 54.1 Å². The van der Waals surface area contributed by atoms with Crippen LogP contribution in [0.1, 0.15) is 32.3 Å². The molecule has 0 unspecified atom stereocenters. The van der Waals surface area contributed by atoms with Crippen molar-refractivity contribution < 1.29 is 24.2 Å². The van der Waals surface area contributed by atoms with Crippen molar-refractivity contribution >= 4 is 23.7 Å². The van der Waals surface area contributed by atoms with E-state index < -0.39 is 29.4 Å². The number of likely N-dealkylation sites (tertiary alicyclic amines) is 1. The van der Waals surface area contributed by atoms with Gasteiger partial charge in [-0.1, -0.05) is 43.3 Å². The summed E-state index contributed by atoms with van der Waals surface area (Å²) in [7, 11) is 0. The van der Waals surface area contributed by atoms with Gasteiger partial charge in [0.2, 0.25) is 5.91 Å². The molecule has 33 heavy (non-hydrogen) atoms. The molecule has 9 nitrogen and oxygen atoms in total. The molecule has 9 heteroatoms. The smallest absolute Gasteiger partial charge is 0.324 e. The summed E-state index contributed by atoms with van der Waals surface area (Å²) in [5.74, 6) is -1.02. The number of benzene rings is 2. The highest BCUT2D eigenvalue weighted by Gasteiger charge is 2.52. The van der Waals surface area contributed by atoms with Crippen LogP contribution in [0.15, 0.2) is 48.5 Å². The Morgan fingerprint density at radius 1 is 1.18 bits per heavy atom. The zero-order valence-corrected chi connectivity index (χ0v) is 18.6. The number of amides is 3. The Kier molecular flexibility index (Phi) is 7.01. The van der Waals surface area contributed by atoms with E-state index in [0.29, 0.717) is 17.9 Å². The van der Waals surface area contributed by atoms with Gasteiger partial charge in [0, 0.05) is 12.1 Å². The van der Waals surface area contributed by atoms with Crippen molar-refractivity contribution in [1.82, 2.24) is 10.2 Å². The highest BCUT2D eigenvalue weighted by atomic mass is 16.5. The molecule has 0 radical (unpaired) electrons. The molecule has 0 bridgehead atoms. The number of carboxylic acids is 1. The van der Waals surface area contributed by atoms with E-state index in [0.717, 1.165) is 16.0 Å². The van der Waals surface area contributed by atoms with Gasteiger partial charge in [-0.05, 0) is 36.6 Å². The van der Waals surface area contributed by atoms with Crippen molar-refractivity contribution in [3.8, 4) is 16.9 Å². The minimum atomic E-state index is -1.17. The second-order valence-corrected chi connectivity index (χ2v) is 8.33. The van der Waals surface area contributed by atoms with Crippen LogP contribution in [0.2, 0.25) is 0 Å². The van der Waals surface area contributed by atoms with Gasteiger partial charge in [0.15, 0.2) is 0 Å². The number of hydrogen-bond donors (Lipinski definition) is 4. The first-order chi connectivity index (χ1) is 15.6. The first-order valence-electron chi connectivity index (χ1n) is 10.7. The number of carboxylic acid groups (broad SMARTS) is 1. The van der Waals surface area contributed by atoms with Crippen LogP contribution in [-0.4, -0.2) is 52.9 Å². The molecule has 0 saturated carbocycles. The minimum Gasteiger partial charge on any atom is -0.491 e. The standard InChI is InChI=1S/C24H28N4O5/c1-3-27-23(32)28-18(12-24(2,22(28)31)13-20(29)30)14-33-19-10-8-16(9-11-19)15-4-6-17(7-5-15)21(25)26/h4-11,18H,3,12-14H2,1-2H3,(H3,25,26)(H,27,32)(H,29,30)/t18-,24-/m0/s1. The number of aliphatic carboxylic acids is 1. The molecular weight excluding hydrogens is 424 g/mol. The first kappa shape index (κ1) is 23.8. The van der Waals surface area contributed by atoms with Gasteiger partial charge in [0.1, 0.15) is 18.2 Å². The van der Waals surface area contributed by atoms with E-state index in [1.54, 1.807) is 38.1 Å². The number of carbonyl (C=O) groups excluding carboxylic acids is 2. The van der Waals surface area contributed by atoms with Crippen LogP contribution in [0.5, 0.6) is 5.75 Å². The number of nitrogen functional groups attached to an aromatic ring is 1. The maximum atomic E-state index is 12.9. The quantitative estimate of drug-likeness (QED) is 0.358. The van der Waals surface area contributed by atoms with Gasteiger partial charge in [0.25, 0.3) is 0 Å². The lowest BCUT2D eigenvalue weighted by molar-refractivity contribution is -0.145. The van der Waals surface area contributed by atoms with Crippen LogP contribution in [0, 0.1) is 10.8 Å². The average Bonchev–Trinajstić information content (AvgIpc) is 3.02. The molecule has 1 aliphatic rings. The lowest BCUT2D eigenvalue weighted by atomic mass is 9.84. The Labute approximate surface area is 192 Å². The van der Waals surface area contributed by atoms with E-state index in [-0.39, 0.29) is 25.3 Å². The molecule has 1 saturated heterocycles. The lowest BCUT2D eigenvalue weighted by Crippen LogP contribution is -2.48. The summed E-state index contributed by atoms with van der Waals surface area (Å²) in [5.41, 5.74) is 6.88. The third kappa shape index (κ3) is 5.31. The number of nitrogens with two attached hydrogens (primary N) is 1. The van der Waals surface area contributed by atoms with Gasteiger partial charge in [-0.2, -0.15) is 0 Å². The van der Waals surface area contributed by atoms with Crippen LogP contribution in [0.4, 0.5) is 4.79 Å². The van der Waals surface area contributed by atoms with Gasteiger partial charge in [-0.3, -0.25) is 19.9 Å². The minimum absolute atomic E-state index is 0.0109. The summed E-state index contributed by atoms with van der Waals surface area (Å²) in [4.78, 5) is 37.8. The molecular formula is C24H28N4O5. The van der Waals surface area contributed by atoms with Crippen molar-refractivity contribution in [3.63, 3.8) is 0 Å². The van der Waals surface area contributed by atoms with E-state index in [4.69, 9.17) is 15.9 Å². The summed E-state index contributed by atoms with van der Waals surface area (Å²) in [6.07, 6.45) is -0.148. The number of ether oxygens (including phenoxy) is 1. The Bertz CT molecular complexity index is 1050. The zero-order valence-electron chi connectivity index (χ0n) is 18.6. The second kappa shape index (κ2) is 9.72. The van der Waals surface area contributed by atoms with E-state index in [1.165, 1.54) is 0 Å². The van der Waals surface area contributed by atoms with Crippen molar-refractivity contribution in [2.45, 2.75) is 32.7 Å². The average molecular weight is 453 g/mol. The number of rotatable bonds is 8. The predicted octanol–water partition coefficient (Wildman–Crippen LogP) is 2.83. The first-order valence-corrected chi connectivity index (χ1v) is 10.7. The Balaban J connectivity index is 1.71. The third-order valence-electron chi connectivity index (χ3n) is 5.70. The molecule has 3 amide bonds. The van der Waals surface area contributed by atoms with Crippen molar-refractivity contribution in [1.29, 1.82) is 5.41 Å². The molecule has 0 aromatic heterocycles. The third-order valence-corrected chi connectivity index (χ3v) is 5.70. The highest BCUT2D eigenvalue weighted by molar-refractivity contribution is 6.01. The molecule has 2 aromatic rings. The van der Waals surface area contributed by atoms with Crippen LogP contribution in [0.3, 0.4) is 0 Å². The van der Waals surface area contributed by atoms with E-state index in [2.05, 4.69) is 5.32 Å². The fraction of sp³-hybridized carbons (Fsp3) is 0.333. The monoisotopic (exact) mass is 452 g/mol. The van der Waals surface area contributed by atoms with Gasteiger partial charge < -0.3 is 20.9 Å².